The normalized spacial score (nSPS) is 17.6. The van der Waals surface area contributed by atoms with Crippen LogP contribution in [0.15, 0.2) is 46.9 Å². The molecule has 128 valence electrons. The molecule has 1 saturated heterocycles. The number of nitrogens with one attached hydrogen (secondary N) is 1. The van der Waals surface area contributed by atoms with Crippen molar-refractivity contribution < 1.29 is 9.21 Å². The van der Waals surface area contributed by atoms with Crippen molar-refractivity contribution in [3.63, 3.8) is 0 Å². The highest BCUT2D eigenvalue weighted by molar-refractivity contribution is 5.94. The van der Waals surface area contributed by atoms with Crippen LogP contribution in [-0.4, -0.2) is 30.4 Å². The Kier molecular flexibility index (Phi) is 5.36. The fourth-order valence-electron chi connectivity index (χ4n) is 3.26. The summed E-state index contributed by atoms with van der Waals surface area (Å²) >= 11 is 0. The van der Waals surface area contributed by atoms with Crippen LogP contribution in [0, 0.1) is 12.8 Å². The number of carbonyl (C=O) groups is 1. The number of benzene rings is 1. The lowest BCUT2D eigenvalue weighted by atomic mass is 9.97. The zero-order valence-electron chi connectivity index (χ0n) is 14.5. The van der Waals surface area contributed by atoms with E-state index < -0.39 is 0 Å². The minimum atomic E-state index is -0.0331. The third-order valence-electron chi connectivity index (χ3n) is 4.84. The molecule has 1 aromatic carbocycles. The summed E-state index contributed by atoms with van der Waals surface area (Å²) in [7, 11) is 0. The van der Waals surface area contributed by atoms with Crippen molar-refractivity contribution in [1.82, 2.24) is 10.2 Å². The molecule has 1 fully saturated rings. The average molecular weight is 326 g/mol. The standard InChI is InChI=1S/C20H26N2O2/c1-15-10-12-22(13-11-15)18(19-9-8-16(2)24-19)14-21-20(23)17-6-4-3-5-7-17/h3-9,15,18H,10-14H2,1-2H3,(H,21,23). The highest BCUT2D eigenvalue weighted by Crippen LogP contribution is 2.27. The van der Waals surface area contributed by atoms with E-state index in [0.29, 0.717) is 12.1 Å². The Morgan fingerprint density at radius 3 is 2.54 bits per heavy atom. The third-order valence-corrected chi connectivity index (χ3v) is 4.84. The lowest BCUT2D eigenvalue weighted by Gasteiger charge is -2.35. The predicted octanol–water partition coefficient (Wildman–Crippen LogP) is 3.79. The average Bonchev–Trinajstić information content (AvgIpc) is 3.03. The summed E-state index contributed by atoms with van der Waals surface area (Å²) < 4.78 is 5.87. The topological polar surface area (TPSA) is 45.5 Å². The van der Waals surface area contributed by atoms with Crippen LogP contribution in [0.2, 0.25) is 0 Å². The fourth-order valence-corrected chi connectivity index (χ4v) is 3.26. The van der Waals surface area contributed by atoms with E-state index in [1.165, 1.54) is 12.8 Å². The van der Waals surface area contributed by atoms with Crippen LogP contribution in [0.1, 0.15) is 47.7 Å². The second-order valence-corrected chi connectivity index (χ2v) is 6.76. The van der Waals surface area contributed by atoms with Crippen LogP contribution in [-0.2, 0) is 0 Å². The Bertz CT molecular complexity index is 657. The van der Waals surface area contributed by atoms with Crippen molar-refractivity contribution in [2.75, 3.05) is 19.6 Å². The minimum absolute atomic E-state index is 0.0331. The van der Waals surface area contributed by atoms with E-state index in [9.17, 15) is 4.79 Å². The zero-order chi connectivity index (χ0) is 16.9. The molecule has 1 unspecified atom stereocenters. The van der Waals surface area contributed by atoms with Crippen LogP contribution in [0.4, 0.5) is 0 Å². The first-order chi connectivity index (χ1) is 11.6. The number of likely N-dealkylation sites (tertiary alicyclic amines) is 1. The number of amides is 1. The molecule has 1 N–H and O–H groups in total. The summed E-state index contributed by atoms with van der Waals surface area (Å²) in [4.78, 5) is 14.8. The molecule has 24 heavy (non-hydrogen) atoms. The van der Waals surface area contributed by atoms with Crippen molar-refractivity contribution in [1.29, 1.82) is 0 Å². The Morgan fingerprint density at radius 1 is 1.21 bits per heavy atom. The van der Waals surface area contributed by atoms with Gasteiger partial charge in [0, 0.05) is 12.1 Å². The van der Waals surface area contributed by atoms with Crippen molar-refractivity contribution in [3.8, 4) is 0 Å². The highest BCUT2D eigenvalue weighted by atomic mass is 16.3. The third kappa shape index (κ3) is 4.06. The summed E-state index contributed by atoms with van der Waals surface area (Å²) in [6.07, 6.45) is 2.39. The molecule has 0 aliphatic carbocycles. The molecule has 0 saturated carbocycles. The van der Waals surface area contributed by atoms with E-state index in [2.05, 4.69) is 17.1 Å². The van der Waals surface area contributed by atoms with Gasteiger partial charge >= 0.3 is 0 Å². The Hall–Kier alpha value is -2.07. The number of nitrogens with zero attached hydrogens (tertiary/aromatic N) is 1. The number of aryl methyl sites for hydroxylation is 1. The number of hydrogen-bond donors (Lipinski definition) is 1. The van der Waals surface area contributed by atoms with Crippen LogP contribution >= 0.6 is 0 Å². The van der Waals surface area contributed by atoms with Gasteiger partial charge in [-0.25, -0.2) is 0 Å². The molecule has 3 rings (SSSR count). The molecular weight excluding hydrogens is 300 g/mol. The van der Waals surface area contributed by atoms with Gasteiger partial charge in [-0.05, 0) is 63.0 Å². The second-order valence-electron chi connectivity index (χ2n) is 6.76. The molecule has 1 atom stereocenters. The maximum absolute atomic E-state index is 12.4. The molecule has 1 aromatic heterocycles. The van der Waals surface area contributed by atoms with E-state index in [1.54, 1.807) is 0 Å². The Labute approximate surface area is 143 Å². The summed E-state index contributed by atoms with van der Waals surface area (Å²) in [6, 6.07) is 13.5. The molecule has 1 amide bonds. The van der Waals surface area contributed by atoms with Gasteiger partial charge in [0.1, 0.15) is 11.5 Å². The van der Waals surface area contributed by atoms with Gasteiger partial charge in [-0.15, -0.1) is 0 Å². The SMILES string of the molecule is Cc1ccc(C(CNC(=O)c2ccccc2)N2CCC(C)CC2)o1. The van der Waals surface area contributed by atoms with Crippen molar-refractivity contribution in [2.45, 2.75) is 32.7 Å². The van der Waals surface area contributed by atoms with E-state index in [4.69, 9.17) is 4.42 Å². The maximum atomic E-state index is 12.4. The van der Waals surface area contributed by atoms with Crippen LogP contribution in [0.25, 0.3) is 0 Å². The number of hydrogen-bond acceptors (Lipinski definition) is 3. The maximum Gasteiger partial charge on any atom is 0.251 e. The fraction of sp³-hybridized carbons (Fsp3) is 0.450. The second kappa shape index (κ2) is 7.67. The van der Waals surface area contributed by atoms with Gasteiger partial charge in [0.2, 0.25) is 0 Å². The summed E-state index contributed by atoms with van der Waals surface area (Å²) in [6.45, 7) is 6.93. The van der Waals surface area contributed by atoms with Gasteiger partial charge < -0.3 is 9.73 Å². The van der Waals surface area contributed by atoms with E-state index in [1.807, 2.05) is 49.4 Å². The first kappa shape index (κ1) is 16.8. The molecule has 0 bridgehead atoms. The molecule has 4 heteroatoms. The largest absolute Gasteiger partial charge is 0.465 e. The van der Waals surface area contributed by atoms with Gasteiger partial charge in [0.15, 0.2) is 0 Å². The van der Waals surface area contributed by atoms with Gasteiger partial charge in [-0.3, -0.25) is 9.69 Å². The Morgan fingerprint density at radius 2 is 1.92 bits per heavy atom. The lowest BCUT2D eigenvalue weighted by Crippen LogP contribution is -2.41. The van der Waals surface area contributed by atoms with Crippen LogP contribution < -0.4 is 5.32 Å². The van der Waals surface area contributed by atoms with Gasteiger partial charge in [-0.2, -0.15) is 0 Å². The summed E-state index contributed by atoms with van der Waals surface area (Å²) in [5.74, 6) is 2.60. The first-order valence-electron chi connectivity index (χ1n) is 8.77. The lowest BCUT2D eigenvalue weighted by molar-refractivity contribution is 0.0895. The molecule has 0 radical (unpaired) electrons. The molecule has 1 aliphatic rings. The Balaban J connectivity index is 1.69. The molecule has 2 heterocycles. The monoisotopic (exact) mass is 326 g/mol. The smallest absolute Gasteiger partial charge is 0.251 e. The number of rotatable bonds is 5. The summed E-state index contributed by atoms with van der Waals surface area (Å²) in [5, 5.41) is 3.07. The number of piperidine rings is 1. The molecule has 2 aromatic rings. The van der Waals surface area contributed by atoms with E-state index in [0.717, 1.165) is 30.5 Å². The minimum Gasteiger partial charge on any atom is -0.465 e. The van der Waals surface area contributed by atoms with E-state index in [-0.39, 0.29) is 11.9 Å². The number of furan rings is 1. The number of carbonyl (C=O) groups excluding carboxylic acids is 1. The zero-order valence-corrected chi connectivity index (χ0v) is 14.5. The van der Waals surface area contributed by atoms with Crippen LogP contribution in [0.3, 0.4) is 0 Å². The first-order valence-corrected chi connectivity index (χ1v) is 8.77. The van der Waals surface area contributed by atoms with Crippen molar-refractivity contribution in [3.05, 3.63) is 59.5 Å². The van der Waals surface area contributed by atoms with Gasteiger partial charge in [-0.1, -0.05) is 25.1 Å². The van der Waals surface area contributed by atoms with Crippen LogP contribution in [0.5, 0.6) is 0 Å². The predicted molar refractivity (Wildman–Crippen MR) is 94.9 cm³/mol. The van der Waals surface area contributed by atoms with Gasteiger partial charge in [0.25, 0.3) is 5.91 Å². The molecule has 1 aliphatic heterocycles. The molecular formula is C20H26N2O2. The quantitative estimate of drug-likeness (QED) is 0.909. The van der Waals surface area contributed by atoms with Crippen molar-refractivity contribution >= 4 is 5.91 Å². The molecule has 0 spiro atoms. The van der Waals surface area contributed by atoms with Gasteiger partial charge in [0.05, 0.1) is 6.04 Å². The molecule has 4 nitrogen and oxygen atoms in total. The van der Waals surface area contributed by atoms with E-state index >= 15 is 0 Å². The highest BCUT2D eigenvalue weighted by Gasteiger charge is 2.27. The van der Waals surface area contributed by atoms with Crippen molar-refractivity contribution in [2.24, 2.45) is 5.92 Å². The summed E-state index contributed by atoms with van der Waals surface area (Å²) in [5.41, 5.74) is 0.694.